The molecular weight excluding hydrogens is 268 g/mol. The van der Waals surface area contributed by atoms with Crippen LogP contribution in [0, 0.1) is 0 Å². The molecule has 20 heavy (non-hydrogen) atoms. The topological polar surface area (TPSA) is 34.1 Å². The van der Waals surface area contributed by atoms with E-state index in [1.54, 1.807) is 7.11 Å². The van der Waals surface area contributed by atoms with E-state index >= 15 is 0 Å². The standard InChI is InChI=1S/C16H28N2OS/c1-5-7-13(19-4)16-18-15-12(10-17-11(2)3)8-6-9-14(15)20-16/h11-13,17H,5-10H2,1-4H3. The fourth-order valence-corrected chi connectivity index (χ4v) is 4.15. The second-order valence-electron chi connectivity index (χ2n) is 6.03. The lowest BCUT2D eigenvalue weighted by molar-refractivity contribution is 0.0946. The van der Waals surface area contributed by atoms with E-state index in [0.717, 1.165) is 19.4 Å². The van der Waals surface area contributed by atoms with Crippen LogP contribution in [0.25, 0.3) is 0 Å². The van der Waals surface area contributed by atoms with Gasteiger partial charge < -0.3 is 10.1 Å². The Morgan fingerprint density at radius 3 is 2.90 bits per heavy atom. The van der Waals surface area contributed by atoms with Gasteiger partial charge in [0.05, 0.1) is 5.69 Å². The molecule has 0 saturated heterocycles. The quantitative estimate of drug-likeness (QED) is 0.824. The molecule has 4 heteroatoms. The Labute approximate surface area is 127 Å². The summed E-state index contributed by atoms with van der Waals surface area (Å²) in [7, 11) is 1.80. The molecule has 1 heterocycles. The van der Waals surface area contributed by atoms with Crippen molar-refractivity contribution in [1.82, 2.24) is 10.3 Å². The maximum atomic E-state index is 5.62. The van der Waals surface area contributed by atoms with Crippen LogP contribution in [0.4, 0.5) is 0 Å². The normalized spacial score (nSPS) is 20.1. The highest BCUT2D eigenvalue weighted by molar-refractivity contribution is 7.11. The zero-order valence-corrected chi connectivity index (χ0v) is 14.1. The van der Waals surface area contributed by atoms with Crippen LogP contribution in [0.1, 0.15) is 74.1 Å². The van der Waals surface area contributed by atoms with Crippen LogP contribution in [0.3, 0.4) is 0 Å². The van der Waals surface area contributed by atoms with E-state index in [9.17, 15) is 0 Å². The van der Waals surface area contributed by atoms with E-state index in [1.807, 2.05) is 11.3 Å². The summed E-state index contributed by atoms with van der Waals surface area (Å²) < 4.78 is 5.62. The van der Waals surface area contributed by atoms with Gasteiger partial charge in [-0.3, -0.25) is 0 Å². The van der Waals surface area contributed by atoms with Crippen molar-refractivity contribution in [1.29, 1.82) is 0 Å². The van der Waals surface area contributed by atoms with E-state index in [4.69, 9.17) is 9.72 Å². The van der Waals surface area contributed by atoms with Gasteiger partial charge in [-0.25, -0.2) is 4.98 Å². The van der Waals surface area contributed by atoms with Crippen molar-refractivity contribution >= 4 is 11.3 Å². The summed E-state index contributed by atoms with van der Waals surface area (Å²) in [5.74, 6) is 0.588. The molecule has 0 aliphatic heterocycles. The first-order valence-electron chi connectivity index (χ1n) is 7.91. The first-order valence-corrected chi connectivity index (χ1v) is 8.73. The fourth-order valence-electron chi connectivity index (χ4n) is 2.84. The third-order valence-electron chi connectivity index (χ3n) is 3.97. The molecule has 0 spiro atoms. The second kappa shape index (κ2) is 7.53. The number of nitrogens with zero attached hydrogens (tertiary/aromatic N) is 1. The number of fused-ring (bicyclic) bond motifs is 1. The molecule has 1 N–H and O–H groups in total. The van der Waals surface area contributed by atoms with Gasteiger partial charge in [0.2, 0.25) is 0 Å². The van der Waals surface area contributed by atoms with Crippen LogP contribution in [0.15, 0.2) is 0 Å². The number of nitrogens with one attached hydrogen (secondary N) is 1. The Hall–Kier alpha value is -0.450. The monoisotopic (exact) mass is 296 g/mol. The third kappa shape index (κ3) is 3.80. The van der Waals surface area contributed by atoms with E-state index in [0.29, 0.717) is 12.0 Å². The molecule has 1 aromatic heterocycles. The minimum absolute atomic E-state index is 0.189. The summed E-state index contributed by atoms with van der Waals surface area (Å²) in [4.78, 5) is 6.45. The lowest BCUT2D eigenvalue weighted by Crippen LogP contribution is -2.29. The van der Waals surface area contributed by atoms with Gasteiger partial charge in [0.1, 0.15) is 11.1 Å². The molecule has 3 nitrogen and oxygen atoms in total. The number of hydrogen-bond donors (Lipinski definition) is 1. The molecule has 0 aromatic carbocycles. The molecule has 114 valence electrons. The smallest absolute Gasteiger partial charge is 0.122 e. The van der Waals surface area contributed by atoms with Crippen molar-refractivity contribution in [2.75, 3.05) is 13.7 Å². The summed E-state index contributed by atoms with van der Waals surface area (Å²) in [5, 5.41) is 4.76. The summed E-state index contributed by atoms with van der Waals surface area (Å²) >= 11 is 1.88. The Morgan fingerprint density at radius 2 is 2.25 bits per heavy atom. The Bertz CT molecular complexity index is 417. The van der Waals surface area contributed by atoms with Crippen molar-refractivity contribution in [3.05, 3.63) is 15.6 Å². The predicted molar refractivity (Wildman–Crippen MR) is 85.6 cm³/mol. The molecule has 0 saturated carbocycles. The first kappa shape index (κ1) is 15.9. The Balaban J connectivity index is 2.13. The van der Waals surface area contributed by atoms with Gasteiger partial charge in [-0.15, -0.1) is 11.3 Å². The van der Waals surface area contributed by atoms with Crippen LogP contribution in [0.2, 0.25) is 0 Å². The minimum atomic E-state index is 0.189. The molecule has 1 aromatic rings. The molecule has 1 aliphatic carbocycles. The van der Waals surface area contributed by atoms with Gasteiger partial charge in [0, 0.05) is 30.5 Å². The van der Waals surface area contributed by atoms with Crippen LogP contribution in [-0.2, 0) is 11.2 Å². The van der Waals surface area contributed by atoms with Crippen molar-refractivity contribution in [2.24, 2.45) is 0 Å². The van der Waals surface area contributed by atoms with Crippen molar-refractivity contribution < 1.29 is 4.74 Å². The highest BCUT2D eigenvalue weighted by atomic mass is 32.1. The molecule has 0 fully saturated rings. The number of aryl methyl sites for hydroxylation is 1. The molecule has 2 rings (SSSR count). The van der Waals surface area contributed by atoms with Crippen molar-refractivity contribution in [2.45, 2.75) is 70.9 Å². The average molecular weight is 296 g/mol. The van der Waals surface area contributed by atoms with Crippen LogP contribution < -0.4 is 5.32 Å². The number of methoxy groups -OCH3 is 1. The highest BCUT2D eigenvalue weighted by Crippen LogP contribution is 2.37. The van der Waals surface area contributed by atoms with E-state index in [2.05, 4.69) is 26.1 Å². The van der Waals surface area contributed by atoms with Gasteiger partial charge in [-0.2, -0.15) is 0 Å². The van der Waals surface area contributed by atoms with Gasteiger partial charge in [0.25, 0.3) is 0 Å². The van der Waals surface area contributed by atoms with Gasteiger partial charge >= 0.3 is 0 Å². The van der Waals surface area contributed by atoms with Crippen molar-refractivity contribution in [3.63, 3.8) is 0 Å². The predicted octanol–water partition coefficient (Wildman–Crippen LogP) is 4.05. The third-order valence-corrected chi connectivity index (χ3v) is 5.19. The molecule has 0 amide bonds. The first-order chi connectivity index (χ1) is 9.65. The Morgan fingerprint density at radius 1 is 1.45 bits per heavy atom. The largest absolute Gasteiger partial charge is 0.374 e. The minimum Gasteiger partial charge on any atom is -0.374 e. The number of hydrogen-bond acceptors (Lipinski definition) is 4. The van der Waals surface area contributed by atoms with Crippen LogP contribution in [-0.4, -0.2) is 24.7 Å². The van der Waals surface area contributed by atoms with Crippen LogP contribution in [0.5, 0.6) is 0 Å². The summed E-state index contributed by atoms with van der Waals surface area (Å²) in [5.41, 5.74) is 1.35. The SMILES string of the molecule is CCCC(OC)c1nc2c(s1)CCCC2CNC(C)C. The van der Waals surface area contributed by atoms with Gasteiger partial charge in [-0.05, 0) is 25.7 Å². The maximum absolute atomic E-state index is 5.62. The number of rotatable bonds is 7. The van der Waals surface area contributed by atoms with Crippen molar-refractivity contribution in [3.8, 4) is 0 Å². The maximum Gasteiger partial charge on any atom is 0.122 e. The van der Waals surface area contributed by atoms with Gasteiger partial charge in [-0.1, -0.05) is 27.2 Å². The molecule has 2 unspecified atom stereocenters. The summed E-state index contributed by atoms with van der Waals surface area (Å²) in [6, 6.07) is 0.547. The average Bonchev–Trinajstić information content (AvgIpc) is 2.86. The molecule has 0 radical (unpaired) electrons. The van der Waals surface area contributed by atoms with E-state index in [1.165, 1.54) is 34.8 Å². The zero-order valence-electron chi connectivity index (χ0n) is 13.2. The second-order valence-corrected chi connectivity index (χ2v) is 7.14. The number of aromatic nitrogens is 1. The molecular formula is C16H28N2OS. The van der Waals surface area contributed by atoms with Gasteiger partial charge in [0.15, 0.2) is 0 Å². The summed E-state index contributed by atoms with van der Waals surface area (Å²) in [6.45, 7) is 7.67. The Kier molecular flexibility index (Phi) is 6.00. The molecule has 0 bridgehead atoms. The molecule has 1 aliphatic rings. The summed E-state index contributed by atoms with van der Waals surface area (Å²) in [6.07, 6.45) is 6.16. The van der Waals surface area contributed by atoms with Crippen LogP contribution >= 0.6 is 11.3 Å². The number of ether oxygens (including phenoxy) is 1. The fraction of sp³-hybridized carbons (Fsp3) is 0.812. The highest BCUT2D eigenvalue weighted by Gasteiger charge is 2.26. The zero-order chi connectivity index (χ0) is 14.5. The number of thiazole rings is 1. The van der Waals surface area contributed by atoms with E-state index in [-0.39, 0.29) is 6.10 Å². The van der Waals surface area contributed by atoms with E-state index < -0.39 is 0 Å². The lowest BCUT2D eigenvalue weighted by Gasteiger charge is -2.22. The molecule has 2 atom stereocenters. The lowest BCUT2D eigenvalue weighted by atomic mass is 9.91.